The summed E-state index contributed by atoms with van der Waals surface area (Å²) in [7, 11) is -4.22. The van der Waals surface area contributed by atoms with E-state index in [9.17, 15) is 14.6 Å². The number of benzene rings is 1. The Morgan fingerprint density at radius 1 is 1.35 bits per heavy atom. The molecular weight excluding hydrogens is 371 g/mol. The van der Waals surface area contributed by atoms with Crippen molar-refractivity contribution in [2.24, 2.45) is 5.92 Å². The van der Waals surface area contributed by atoms with Crippen molar-refractivity contribution in [3.05, 3.63) is 39.3 Å². The van der Waals surface area contributed by atoms with Gasteiger partial charge in [-0.3, -0.25) is 4.57 Å². The molecule has 3 rings (SSSR count). The van der Waals surface area contributed by atoms with Crippen LogP contribution in [0.4, 0.5) is 0 Å². The monoisotopic (exact) mass is 398 g/mol. The number of halogens is 1. The summed E-state index contributed by atoms with van der Waals surface area (Å²) in [6.07, 6.45) is 7.59. The number of hydrogen-bond acceptors (Lipinski definition) is 3. The van der Waals surface area contributed by atoms with Crippen molar-refractivity contribution in [1.82, 2.24) is 0 Å². The standard InChI is InChI=1S/C20H28ClO4P/c1-3-13(2)25-26(23,24)20(22)17-9-8-15-11-16(19(21)12-18(15)17)10-14-6-4-5-7-14/h11-14,22H,3-10H2,1-2H3,(H,23,24). The van der Waals surface area contributed by atoms with Gasteiger partial charge in [0, 0.05) is 10.6 Å². The van der Waals surface area contributed by atoms with Crippen LogP contribution in [0, 0.1) is 5.92 Å². The molecule has 144 valence electrons. The van der Waals surface area contributed by atoms with Crippen LogP contribution in [0.1, 0.15) is 69.1 Å². The topological polar surface area (TPSA) is 66.8 Å². The predicted molar refractivity (Wildman–Crippen MR) is 106 cm³/mol. The van der Waals surface area contributed by atoms with Crippen molar-refractivity contribution in [2.45, 2.75) is 71.3 Å². The molecule has 2 aliphatic carbocycles. The highest BCUT2D eigenvalue weighted by molar-refractivity contribution is 7.57. The van der Waals surface area contributed by atoms with Gasteiger partial charge in [-0.2, -0.15) is 0 Å². The third-order valence-corrected chi connectivity index (χ3v) is 7.46. The summed E-state index contributed by atoms with van der Waals surface area (Å²) in [5.74, 6) is 0.706. The number of aryl methyl sites for hydroxylation is 1. The van der Waals surface area contributed by atoms with Gasteiger partial charge in [0.25, 0.3) is 0 Å². The molecule has 2 unspecified atom stereocenters. The first-order valence-electron chi connectivity index (χ1n) is 9.57. The van der Waals surface area contributed by atoms with Gasteiger partial charge in [-0.1, -0.05) is 50.3 Å². The average Bonchev–Trinajstić information content (AvgIpc) is 3.23. The van der Waals surface area contributed by atoms with Crippen molar-refractivity contribution >= 4 is 24.8 Å². The van der Waals surface area contributed by atoms with Crippen LogP contribution in [-0.4, -0.2) is 16.1 Å². The number of rotatable bonds is 6. The van der Waals surface area contributed by atoms with Gasteiger partial charge >= 0.3 is 7.60 Å². The fourth-order valence-corrected chi connectivity index (χ4v) is 5.56. The van der Waals surface area contributed by atoms with Gasteiger partial charge in [-0.25, -0.2) is 0 Å². The number of hydrogen-bond donors (Lipinski definition) is 2. The fourth-order valence-electron chi connectivity index (χ4n) is 4.00. The lowest BCUT2D eigenvalue weighted by Crippen LogP contribution is -2.06. The average molecular weight is 399 g/mol. The Morgan fingerprint density at radius 2 is 2.04 bits per heavy atom. The number of aliphatic hydroxyl groups excluding tert-OH is 1. The zero-order chi connectivity index (χ0) is 18.9. The summed E-state index contributed by atoms with van der Waals surface area (Å²) in [5.41, 5.74) is 2.98. The van der Waals surface area contributed by atoms with Crippen LogP contribution >= 0.6 is 19.2 Å². The van der Waals surface area contributed by atoms with E-state index in [-0.39, 0.29) is 0 Å². The van der Waals surface area contributed by atoms with Crippen LogP contribution < -0.4 is 0 Å². The molecule has 1 fully saturated rings. The minimum absolute atomic E-state index is 0.396. The molecule has 0 heterocycles. The van der Waals surface area contributed by atoms with E-state index in [1.54, 1.807) is 6.92 Å². The van der Waals surface area contributed by atoms with Crippen LogP contribution in [0.5, 0.6) is 0 Å². The van der Waals surface area contributed by atoms with E-state index in [1.807, 2.05) is 13.0 Å². The molecule has 6 heteroatoms. The highest BCUT2D eigenvalue weighted by Gasteiger charge is 2.34. The van der Waals surface area contributed by atoms with E-state index in [0.717, 1.165) is 29.5 Å². The van der Waals surface area contributed by atoms with Crippen LogP contribution in [0.2, 0.25) is 5.02 Å². The van der Waals surface area contributed by atoms with Crippen LogP contribution in [0.3, 0.4) is 0 Å². The van der Waals surface area contributed by atoms with Crippen LogP contribution in [0.25, 0.3) is 5.57 Å². The van der Waals surface area contributed by atoms with Crippen LogP contribution in [0.15, 0.2) is 17.6 Å². The molecule has 1 aromatic carbocycles. The van der Waals surface area contributed by atoms with Gasteiger partial charge < -0.3 is 14.5 Å². The quantitative estimate of drug-likeness (QED) is 0.439. The largest absolute Gasteiger partial charge is 0.501 e. The Balaban J connectivity index is 1.88. The molecule has 0 aromatic heterocycles. The Hall–Kier alpha value is -0.800. The molecule has 2 N–H and O–H groups in total. The molecule has 1 saturated carbocycles. The molecule has 0 radical (unpaired) electrons. The number of fused-ring (bicyclic) bond motifs is 1. The lowest BCUT2D eigenvalue weighted by molar-refractivity contribution is 0.180. The molecule has 4 nitrogen and oxygen atoms in total. The highest BCUT2D eigenvalue weighted by atomic mass is 35.5. The van der Waals surface area contributed by atoms with Gasteiger partial charge in [0.05, 0.1) is 6.10 Å². The summed E-state index contributed by atoms with van der Waals surface area (Å²) in [4.78, 5) is 10.2. The predicted octanol–water partition coefficient (Wildman–Crippen LogP) is 6.25. The first-order chi connectivity index (χ1) is 12.3. The molecule has 0 saturated heterocycles. The van der Waals surface area contributed by atoms with Gasteiger partial charge in [0.1, 0.15) is 0 Å². The van der Waals surface area contributed by atoms with E-state index in [2.05, 4.69) is 6.07 Å². The minimum Gasteiger partial charge on any atom is -0.501 e. The minimum atomic E-state index is -4.22. The third-order valence-electron chi connectivity index (χ3n) is 5.66. The maximum Gasteiger partial charge on any atom is 0.393 e. The molecule has 0 amide bonds. The van der Waals surface area contributed by atoms with E-state index in [4.69, 9.17) is 16.1 Å². The molecule has 0 spiro atoms. The molecular formula is C20H28ClO4P. The smallest absolute Gasteiger partial charge is 0.393 e. The highest BCUT2D eigenvalue weighted by Crippen LogP contribution is 2.55. The summed E-state index contributed by atoms with van der Waals surface area (Å²) >= 11 is 6.51. The lowest BCUT2D eigenvalue weighted by Gasteiger charge is -2.18. The second-order valence-electron chi connectivity index (χ2n) is 7.60. The van der Waals surface area contributed by atoms with Crippen molar-refractivity contribution in [1.29, 1.82) is 0 Å². The Kier molecular flexibility index (Phi) is 6.18. The van der Waals surface area contributed by atoms with Crippen molar-refractivity contribution in [2.75, 3.05) is 0 Å². The molecule has 2 aliphatic rings. The van der Waals surface area contributed by atoms with Crippen LogP contribution in [-0.2, 0) is 21.9 Å². The molecule has 1 aromatic rings. The molecule has 2 atom stereocenters. The molecule has 0 bridgehead atoms. The normalized spacial score (nSPS) is 22.9. The second kappa shape index (κ2) is 8.06. The first-order valence-corrected chi connectivity index (χ1v) is 11.5. The summed E-state index contributed by atoms with van der Waals surface area (Å²) in [6.45, 7) is 3.58. The van der Waals surface area contributed by atoms with E-state index in [1.165, 1.54) is 25.7 Å². The van der Waals surface area contributed by atoms with Gasteiger partial charge in [0.2, 0.25) is 5.50 Å². The Bertz CT molecular complexity index is 752. The zero-order valence-electron chi connectivity index (χ0n) is 15.5. The summed E-state index contributed by atoms with van der Waals surface area (Å²) in [5, 5.41) is 11.1. The SMILES string of the molecule is CCC(C)OP(=O)(O)C(O)=C1CCc2cc(CC3CCCC3)c(Cl)cc21. The fraction of sp³-hybridized carbons (Fsp3) is 0.600. The second-order valence-corrected chi connectivity index (χ2v) is 9.68. The Labute approximate surface area is 160 Å². The van der Waals surface area contributed by atoms with E-state index >= 15 is 0 Å². The maximum absolute atomic E-state index is 12.5. The van der Waals surface area contributed by atoms with Crippen molar-refractivity contribution in [3.63, 3.8) is 0 Å². The van der Waals surface area contributed by atoms with Crippen molar-refractivity contribution in [3.8, 4) is 0 Å². The zero-order valence-corrected chi connectivity index (χ0v) is 17.2. The third kappa shape index (κ3) is 4.20. The Morgan fingerprint density at radius 3 is 2.69 bits per heavy atom. The van der Waals surface area contributed by atoms with E-state index < -0.39 is 19.2 Å². The van der Waals surface area contributed by atoms with E-state index in [0.29, 0.717) is 29.4 Å². The lowest BCUT2D eigenvalue weighted by atomic mass is 9.95. The van der Waals surface area contributed by atoms with Gasteiger partial charge in [-0.05, 0) is 61.3 Å². The van der Waals surface area contributed by atoms with Crippen molar-refractivity contribution < 1.29 is 19.1 Å². The maximum atomic E-state index is 12.5. The molecule has 26 heavy (non-hydrogen) atoms. The summed E-state index contributed by atoms with van der Waals surface area (Å²) < 4.78 is 17.6. The first kappa shape index (κ1) is 19.9. The number of allylic oxidation sites excluding steroid dienone is 1. The summed E-state index contributed by atoms with van der Waals surface area (Å²) in [6, 6.07) is 3.97. The van der Waals surface area contributed by atoms with Gasteiger partial charge in [0.15, 0.2) is 0 Å². The van der Waals surface area contributed by atoms with Gasteiger partial charge in [-0.15, -0.1) is 0 Å². The molecule has 0 aliphatic heterocycles. The number of aliphatic hydroxyl groups is 1.